The third kappa shape index (κ3) is 2.04. The Morgan fingerprint density at radius 3 is 2.76 bits per heavy atom. The van der Waals surface area contributed by atoms with Crippen molar-refractivity contribution in [3.8, 4) is 0 Å². The topological polar surface area (TPSA) is 23.5 Å². The molecule has 3 heteroatoms. The predicted octanol–water partition coefficient (Wildman–Crippen LogP) is 3.25. The maximum Gasteiger partial charge on any atom is 0.0482 e. The van der Waals surface area contributed by atoms with E-state index in [0.29, 0.717) is 5.92 Å². The SMILES string of the molecule is Cc1c(Cl)cccc1N1CCC(CO)C1(C)C. The van der Waals surface area contributed by atoms with Crippen LogP contribution in [0.3, 0.4) is 0 Å². The van der Waals surface area contributed by atoms with E-state index in [1.54, 1.807) is 0 Å². The quantitative estimate of drug-likeness (QED) is 0.875. The van der Waals surface area contributed by atoms with E-state index in [1.807, 2.05) is 12.1 Å². The maximum atomic E-state index is 9.44. The molecule has 0 spiro atoms. The first-order valence-electron chi connectivity index (χ1n) is 6.12. The molecule has 0 bridgehead atoms. The first-order valence-corrected chi connectivity index (χ1v) is 6.50. The molecule has 1 unspecified atom stereocenters. The summed E-state index contributed by atoms with van der Waals surface area (Å²) in [7, 11) is 0. The van der Waals surface area contributed by atoms with Gasteiger partial charge in [0.25, 0.3) is 0 Å². The summed E-state index contributed by atoms with van der Waals surface area (Å²) < 4.78 is 0. The molecule has 0 amide bonds. The van der Waals surface area contributed by atoms with Crippen molar-refractivity contribution in [2.75, 3.05) is 18.1 Å². The number of aliphatic hydroxyl groups is 1. The van der Waals surface area contributed by atoms with Crippen LogP contribution in [-0.4, -0.2) is 23.8 Å². The Balaban J connectivity index is 2.38. The maximum absolute atomic E-state index is 9.44. The lowest BCUT2D eigenvalue weighted by atomic mass is 9.89. The third-order valence-corrected chi connectivity index (χ3v) is 4.56. The van der Waals surface area contributed by atoms with Crippen LogP contribution in [0, 0.1) is 12.8 Å². The molecule has 1 saturated heterocycles. The van der Waals surface area contributed by atoms with Gasteiger partial charge in [0.2, 0.25) is 0 Å². The summed E-state index contributed by atoms with van der Waals surface area (Å²) in [5.41, 5.74) is 2.31. The van der Waals surface area contributed by atoms with Gasteiger partial charge in [0.1, 0.15) is 0 Å². The highest BCUT2D eigenvalue weighted by Gasteiger charge is 2.41. The normalized spacial score (nSPS) is 23.1. The first-order chi connectivity index (χ1) is 7.98. The van der Waals surface area contributed by atoms with Crippen LogP contribution in [0.15, 0.2) is 18.2 Å². The van der Waals surface area contributed by atoms with Gasteiger partial charge in [-0.3, -0.25) is 0 Å². The molecule has 17 heavy (non-hydrogen) atoms. The van der Waals surface area contributed by atoms with E-state index in [-0.39, 0.29) is 12.1 Å². The zero-order valence-corrected chi connectivity index (χ0v) is 11.5. The molecule has 2 nitrogen and oxygen atoms in total. The van der Waals surface area contributed by atoms with E-state index in [4.69, 9.17) is 11.6 Å². The fourth-order valence-electron chi connectivity index (χ4n) is 2.78. The average molecular weight is 254 g/mol. The second kappa shape index (κ2) is 4.51. The Kier molecular flexibility index (Phi) is 3.37. The van der Waals surface area contributed by atoms with Crippen molar-refractivity contribution in [2.45, 2.75) is 32.7 Å². The average Bonchev–Trinajstić information content (AvgIpc) is 2.57. The fraction of sp³-hybridized carbons (Fsp3) is 0.571. The Morgan fingerprint density at radius 2 is 2.18 bits per heavy atom. The molecule has 1 N–H and O–H groups in total. The third-order valence-electron chi connectivity index (χ3n) is 4.15. The van der Waals surface area contributed by atoms with E-state index < -0.39 is 0 Å². The Morgan fingerprint density at radius 1 is 1.47 bits per heavy atom. The van der Waals surface area contributed by atoms with Gasteiger partial charge in [0, 0.05) is 35.3 Å². The standard InChI is InChI=1S/C14H20ClNO/c1-10-12(15)5-4-6-13(10)16-8-7-11(9-17)14(16,2)3/h4-6,11,17H,7-9H2,1-3H3. The van der Waals surface area contributed by atoms with Crippen LogP contribution < -0.4 is 4.90 Å². The van der Waals surface area contributed by atoms with E-state index in [2.05, 4.69) is 31.7 Å². The van der Waals surface area contributed by atoms with Gasteiger partial charge in [0.05, 0.1) is 0 Å². The number of rotatable bonds is 2. The Bertz CT molecular complexity index is 417. The van der Waals surface area contributed by atoms with Gasteiger partial charge in [-0.2, -0.15) is 0 Å². The van der Waals surface area contributed by atoms with Gasteiger partial charge >= 0.3 is 0 Å². The van der Waals surface area contributed by atoms with Crippen LogP contribution in [0.4, 0.5) is 5.69 Å². The van der Waals surface area contributed by atoms with Gasteiger partial charge in [-0.05, 0) is 44.9 Å². The van der Waals surface area contributed by atoms with Gasteiger partial charge in [-0.15, -0.1) is 0 Å². The molecule has 0 aromatic heterocycles. The number of hydrogen-bond acceptors (Lipinski definition) is 2. The number of nitrogens with zero attached hydrogens (tertiary/aromatic N) is 1. The molecule has 1 aliphatic heterocycles. The van der Waals surface area contributed by atoms with Crippen LogP contribution in [0.5, 0.6) is 0 Å². The summed E-state index contributed by atoms with van der Waals surface area (Å²) in [5.74, 6) is 0.334. The molecule has 1 atom stereocenters. The molecule has 1 aliphatic rings. The lowest BCUT2D eigenvalue weighted by Gasteiger charge is -2.38. The largest absolute Gasteiger partial charge is 0.396 e. The van der Waals surface area contributed by atoms with Crippen LogP contribution in [-0.2, 0) is 0 Å². The number of hydrogen-bond donors (Lipinski definition) is 1. The zero-order chi connectivity index (χ0) is 12.6. The zero-order valence-electron chi connectivity index (χ0n) is 10.7. The van der Waals surface area contributed by atoms with Gasteiger partial charge in [-0.1, -0.05) is 17.7 Å². The summed E-state index contributed by atoms with van der Waals surface area (Å²) in [5, 5.41) is 10.2. The second-order valence-corrected chi connectivity index (χ2v) is 5.76. The Hall–Kier alpha value is -0.730. The number of anilines is 1. The minimum absolute atomic E-state index is 0.00973. The van der Waals surface area contributed by atoms with Crippen LogP contribution in [0.1, 0.15) is 25.8 Å². The van der Waals surface area contributed by atoms with Crippen molar-refractivity contribution in [3.63, 3.8) is 0 Å². The monoisotopic (exact) mass is 253 g/mol. The van der Waals surface area contributed by atoms with Crippen molar-refractivity contribution >= 4 is 17.3 Å². The van der Waals surface area contributed by atoms with Crippen LogP contribution >= 0.6 is 11.6 Å². The summed E-state index contributed by atoms with van der Waals surface area (Å²) in [6.45, 7) is 7.69. The number of benzene rings is 1. The minimum atomic E-state index is -0.00973. The molecule has 0 saturated carbocycles. The lowest BCUT2D eigenvalue weighted by Crippen LogP contribution is -2.44. The fourth-order valence-corrected chi connectivity index (χ4v) is 2.95. The second-order valence-electron chi connectivity index (χ2n) is 5.36. The van der Waals surface area contributed by atoms with Crippen molar-refractivity contribution in [2.24, 2.45) is 5.92 Å². The van der Waals surface area contributed by atoms with E-state index in [9.17, 15) is 5.11 Å². The van der Waals surface area contributed by atoms with E-state index in [1.165, 1.54) is 5.69 Å². The molecule has 1 heterocycles. The lowest BCUT2D eigenvalue weighted by molar-refractivity contribution is 0.189. The molecule has 94 valence electrons. The summed E-state index contributed by atoms with van der Waals surface area (Å²) >= 11 is 6.18. The van der Waals surface area contributed by atoms with E-state index in [0.717, 1.165) is 23.6 Å². The molecule has 1 aromatic rings. The van der Waals surface area contributed by atoms with Crippen molar-refractivity contribution in [3.05, 3.63) is 28.8 Å². The molecular weight excluding hydrogens is 234 g/mol. The molecule has 0 radical (unpaired) electrons. The van der Waals surface area contributed by atoms with Gasteiger partial charge in [-0.25, -0.2) is 0 Å². The van der Waals surface area contributed by atoms with Gasteiger partial charge < -0.3 is 10.0 Å². The highest BCUT2D eigenvalue weighted by molar-refractivity contribution is 6.31. The predicted molar refractivity (Wildman–Crippen MR) is 72.8 cm³/mol. The number of aliphatic hydroxyl groups excluding tert-OH is 1. The van der Waals surface area contributed by atoms with Crippen molar-refractivity contribution in [1.29, 1.82) is 0 Å². The smallest absolute Gasteiger partial charge is 0.0482 e. The molecule has 2 rings (SSSR count). The number of halogens is 1. The summed E-state index contributed by atoms with van der Waals surface area (Å²) in [4.78, 5) is 2.37. The van der Waals surface area contributed by atoms with Crippen molar-refractivity contribution < 1.29 is 5.11 Å². The summed E-state index contributed by atoms with van der Waals surface area (Å²) in [6, 6.07) is 6.03. The Labute approximate surface area is 108 Å². The highest BCUT2D eigenvalue weighted by atomic mass is 35.5. The minimum Gasteiger partial charge on any atom is -0.396 e. The van der Waals surface area contributed by atoms with Gasteiger partial charge in [0.15, 0.2) is 0 Å². The molecule has 1 aromatic carbocycles. The van der Waals surface area contributed by atoms with Crippen molar-refractivity contribution in [1.82, 2.24) is 0 Å². The molecule has 0 aliphatic carbocycles. The summed E-state index contributed by atoms with van der Waals surface area (Å²) in [6.07, 6.45) is 1.04. The van der Waals surface area contributed by atoms with E-state index >= 15 is 0 Å². The first kappa shape index (κ1) is 12.7. The van der Waals surface area contributed by atoms with Crippen LogP contribution in [0.25, 0.3) is 0 Å². The molecular formula is C14H20ClNO. The highest BCUT2D eigenvalue weighted by Crippen LogP contribution is 2.40. The van der Waals surface area contributed by atoms with Crippen LogP contribution in [0.2, 0.25) is 5.02 Å². The molecule has 1 fully saturated rings.